The molecule has 0 atom stereocenters. The first-order valence-electron chi connectivity index (χ1n) is 12.7. The lowest BCUT2D eigenvalue weighted by molar-refractivity contribution is 0.0964. The number of anilines is 1. The highest BCUT2D eigenvalue weighted by Crippen LogP contribution is 2.41. The van der Waals surface area contributed by atoms with Crippen LogP contribution in [0, 0.1) is 6.92 Å². The number of hydrogen-bond acceptors (Lipinski definition) is 8. The summed E-state index contributed by atoms with van der Waals surface area (Å²) in [5.74, 6) is 0.332. The number of sulfonamides is 1. The van der Waals surface area contributed by atoms with Gasteiger partial charge in [0.25, 0.3) is 5.91 Å². The highest BCUT2D eigenvalue weighted by molar-refractivity contribution is 7.92. The standard InChI is InChI=1S/C30H25N5O5S/c1-17-7-9-18(10-8-17)27-26(29(36)31-2)21-15-20(23(16-25(21)39-27)35(3)41(4,37)38)19-11-13-32-22(14-19)30-34-28-24(40-30)6-5-12-33-28/h5-16H,1-4H3,(H,31,36). The van der Waals surface area contributed by atoms with E-state index in [1.807, 2.05) is 31.2 Å². The zero-order chi connectivity index (χ0) is 28.9. The van der Waals surface area contributed by atoms with Crippen LogP contribution in [0.2, 0.25) is 0 Å². The van der Waals surface area contributed by atoms with Gasteiger partial charge in [0.2, 0.25) is 15.9 Å². The minimum atomic E-state index is -3.66. The van der Waals surface area contributed by atoms with Crippen molar-refractivity contribution >= 4 is 43.8 Å². The van der Waals surface area contributed by atoms with E-state index in [1.165, 1.54) is 11.4 Å². The zero-order valence-corrected chi connectivity index (χ0v) is 23.5. The number of amides is 1. The number of furan rings is 1. The van der Waals surface area contributed by atoms with Crippen molar-refractivity contribution in [3.63, 3.8) is 0 Å². The van der Waals surface area contributed by atoms with Crippen LogP contribution in [-0.2, 0) is 10.0 Å². The van der Waals surface area contributed by atoms with Crippen molar-refractivity contribution in [2.75, 3.05) is 24.7 Å². The fourth-order valence-corrected chi connectivity index (χ4v) is 5.16. The van der Waals surface area contributed by atoms with Crippen LogP contribution in [0.3, 0.4) is 0 Å². The summed E-state index contributed by atoms with van der Waals surface area (Å²) in [6, 6.07) is 18.1. The summed E-state index contributed by atoms with van der Waals surface area (Å²) in [7, 11) is -0.635. The smallest absolute Gasteiger partial charge is 0.255 e. The maximum atomic E-state index is 13.2. The van der Waals surface area contributed by atoms with Crippen molar-refractivity contribution in [2.24, 2.45) is 0 Å². The van der Waals surface area contributed by atoms with Crippen molar-refractivity contribution in [1.82, 2.24) is 20.3 Å². The van der Waals surface area contributed by atoms with E-state index in [4.69, 9.17) is 8.83 Å². The van der Waals surface area contributed by atoms with Gasteiger partial charge in [-0.25, -0.2) is 13.4 Å². The largest absolute Gasteiger partial charge is 0.455 e. The second-order valence-corrected chi connectivity index (χ2v) is 11.6. The number of carbonyl (C=O) groups excluding carboxylic acids is 1. The predicted molar refractivity (Wildman–Crippen MR) is 157 cm³/mol. The molecule has 206 valence electrons. The monoisotopic (exact) mass is 567 g/mol. The van der Waals surface area contributed by atoms with Crippen molar-refractivity contribution < 1.29 is 22.0 Å². The molecule has 0 radical (unpaired) electrons. The van der Waals surface area contributed by atoms with Gasteiger partial charge >= 0.3 is 0 Å². The number of oxazole rings is 1. The average molecular weight is 568 g/mol. The van der Waals surface area contributed by atoms with Gasteiger partial charge in [0.1, 0.15) is 17.0 Å². The summed E-state index contributed by atoms with van der Waals surface area (Å²) in [6.07, 6.45) is 4.34. The second kappa shape index (κ2) is 9.86. The molecule has 41 heavy (non-hydrogen) atoms. The molecule has 10 nitrogen and oxygen atoms in total. The van der Waals surface area contributed by atoms with E-state index in [0.29, 0.717) is 56.0 Å². The number of carbonyl (C=O) groups is 1. The van der Waals surface area contributed by atoms with Crippen molar-refractivity contribution in [2.45, 2.75) is 6.92 Å². The van der Waals surface area contributed by atoms with Crippen LogP contribution in [0.5, 0.6) is 0 Å². The van der Waals surface area contributed by atoms with Gasteiger partial charge in [-0.3, -0.25) is 14.1 Å². The van der Waals surface area contributed by atoms with Crippen molar-refractivity contribution in [3.8, 4) is 34.0 Å². The minimum Gasteiger partial charge on any atom is -0.455 e. The highest BCUT2D eigenvalue weighted by Gasteiger charge is 2.26. The van der Waals surface area contributed by atoms with E-state index in [-0.39, 0.29) is 11.8 Å². The topological polar surface area (TPSA) is 131 Å². The number of fused-ring (bicyclic) bond motifs is 2. The fraction of sp³-hybridized carbons (Fsp3) is 0.133. The molecule has 0 bridgehead atoms. The Morgan fingerprint density at radius 2 is 1.71 bits per heavy atom. The molecule has 1 N–H and O–H groups in total. The zero-order valence-electron chi connectivity index (χ0n) is 22.7. The summed E-state index contributed by atoms with van der Waals surface area (Å²) < 4.78 is 38.7. The van der Waals surface area contributed by atoms with Crippen LogP contribution in [0.1, 0.15) is 15.9 Å². The lowest BCUT2D eigenvalue weighted by Crippen LogP contribution is -2.25. The first-order valence-corrected chi connectivity index (χ1v) is 14.5. The Morgan fingerprint density at radius 3 is 2.41 bits per heavy atom. The summed E-state index contributed by atoms with van der Waals surface area (Å²) in [5, 5.41) is 3.24. The Kier molecular flexibility index (Phi) is 6.30. The van der Waals surface area contributed by atoms with E-state index in [2.05, 4.69) is 20.3 Å². The van der Waals surface area contributed by atoms with E-state index in [0.717, 1.165) is 17.4 Å². The molecule has 4 aromatic heterocycles. The third kappa shape index (κ3) is 4.70. The van der Waals surface area contributed by atoms with Gasteiger partial charge in [-0.1, -0.05) is 29.8 Å². The van der Waals surface area contributed by atoms with Gasteiger partial charge in [0.15, 0.2) is 11.2 Å². The second-order valence-electron chi connectivity index (χ2n) is 9.62. The third-order valence-electron chi connectivity index (χ3n) is 6.87. The average Bonchev–Trinajstić information content (AvgIpc) is 3.57. The van der Waals surface area contributed by atoms with Crippen molar-refractivity contribution in [3.05, 3.63) is 84.2 Å². The molecule has 4 heterocycles. The quantitative estimate of drug-likeness (QED) is 0.282. The summed E-state index contributed by atoms with van der Waals surface area (Å²) in [5.41, 5.74) is 5.46. The first kappa shape index (κ1) is 26.2. The van der Waals surface area contributed by atoms with Crippen molar-refractivity contribution in [1.29, 1.82) is 0 Å². The summed E-state index contributed by atoms with van der Waals surface area (Å²) in [4.78, 5) is 26.3. The van der Waals surface area contributed by atoms with Gasteiger partial charge in [0, 0.05) is 49.1 Å². The van der Waals surface area contributed by atoms with Crippen LogP contribution in [0.25, 0.3) is 56.2 Å². The van der Waals surface area contributed by atoms with Gasteiger partial charge in [-0.2, -0.15) is 4.98 Å². The Labute approximate surface area is 235 Å². The third-order valence-corrected chi connectivity index (χ3v) is 8.06. The minimum absolute atomic E-state index is 0.274. The molecule has 1 amide bonds. The molecule has 11 heteroatoms. The number of nitrogens with one attached hydrogen (secondary N) is 1. The molecule has 0 saturated carbocycles. The molecular weight excluding hydrogens is 542 g/mol. The molecule has 6 aromatic rings. The molecular formula is C30H25N5O5S. The Morgan fingerprint density at radius 1 is 0.927 bits per heavy atom. The highest BCUT2D eigenvalue weighted by atomic mass is 32.2. The number of pyridine rings is 2. The number of hydrogen-bond donors (Lipinski definition) is 1. The lowest BCUT2D eigenvalue weighted by Gasteiger charge is -2.20. The van der Waals surface area contributed by atoms with Crippen LogP contribution >= 0.6 is 0 Å². The molecule has 0 saturated heterocycles. The van der Waals surface area contributed by atoms with E-state index >= 15 is 0 Å². The summed E-state index contributed by atoms with van der Waals surface area (Å²) >= 11 is 0. The molecule has 2 aromatic carbocycles. The van der Waals surface area contributed by atoms with Gasteiger partial charge in [-0.15, -0.1) is 0 Å². The van der Waals surface area contributed by atoms with E-state index in [1.54, 1.807) is 55.8 Å². The molecule has 0 aliphatic rings. The number of benzene rings is 2. The van der Waals surface area contributed by atoms with E-state index in [9.17, 15) is 13.2 Å². The Balaban J connectivity index is 1.61. The number of aromatic nitrogens is 3. The Hall–Kier alpha value is -5.03. The Bertz CT molecular complexity index is 2030. The van der Waals surface area contributed by atoms with Crippen LogP contribution in [0.15, 0.2) is 81.9 Å². The van der Waals surface area contributed by atoms with Gasteiger partial charge < -0.3 is 14.2 Å². The maximum Gasteiger partial charge on any atom is 0.255 e. The molecule has 0 unspecified atom stereocenters. The molecule has 0 fully saturated rings. The predicted octanol–water partition coefficient (Wildman–Crippen LogP) is 5.43. The molecule has 0 aliphatic carbocycles. The number of rotatable bonds is 6. The van der Waals surface area contributed by atoms with Gasteiger partial charge in [-0.05, 0) is 42.8 Å². The normalized spacial score (nSPS) is 11.7. The molecule has 6 rings (SSSR count). The van der Waals surface area contributed by atoms with Crippen LogP contribution in [-0.4, -0.2) is 49.6 Å². The first-order chi connectivity index (χ1) is 19.6. The number of aryl methyl sites for hydroxylation is 1. The lowest BCUT2D eigenvalue weighted by atomic mass is 9.98. The summed E-state index contributed by atoms with van der Waals surface area (Å²) in [6.45, 7) is 1.97. The van der Waals surface area contributed by atoms with Gasteiger partial charge in [0.05, 0.1) is 17.5 Å². The fourth-order valence-electron chi connectivity index (χ4n) is 4.65. The van der Waals surface area contributed by atoms with Crippen LogP contribution in [0.4, 0.5) is 5.69 Å². The van der Waals surface area contributed by atoms with E-state index < -0.39 is 10.0 Å². The number of nitrogens with zero attached hydrogens (tertiary/aromatic N) is 4. The maximum absolute atomic E-state index is 13.2. The van der Waals surface area contributed by atoms with Crippen LogP contribution < -0.4 is 9.62 Å². The SMILES string of the molecule is CNC(=O)c1c(-c2ccc(C)cc2)oc2cc(N(C)S(C)(=O)=O)c(-c3ccnc(-c4nc5ncccc5o4)c3)cc12. The molecule has 0 spiro atoms. The molecule has 0 aliphatic heterocycles.